The molecule has 0 radical (unpaired) electrons. The zero-order valence-corrected chi connectivity index (χ0v) is 14.6. The van der Waals surface area contributed by atoms with Crippen LogP contribution in [0.4, 0.5) is 4.79 Å². The van der Waals surface area contributed by atoms with Gasteiger partial charge in [-0.2, -0.15) is 5.10 Å². The van der Waals surface area contributed by atoms with Crippen molar-refractivity contribution in [3.8, 4) is 0 Å². The lowest BCUT2D eigenvalue weighted by molar-refractivity contribution is 0.00778. The number of aromatic nitrogens is 2. The van der Waals surface area contributed by atoms with Crippen LogP contribution < -0.4 is 0 Å². The highest BCUT2D eigenvalue weighted by molar-refractivity contribution is 14.1. The van der Waals surface area contributed by atoms with Crippen LogP contribution in [-0.4, -0.2) is 53.0 Å². The summed E-state index contributed by atoms with van der Waals surface area (Å²) in [5.74, 6) is -0.333. The summed E-state index contributed by atoms with van der Waals surface area (Å²) in [4.78, 5) is 25.0. The lowest BCUT2D eigenvalue weighted by Gasteiger charge is -2.39. The first-order valence-corrected chi connectivity index (χ1v) is 7.61. The molecule has 1 amide bonds. The number of hydrogen-bond donors (Lipinski definition) is 1. The normalized spacial score (nSPS) is 15.6. The Hall–Kier alpha value is -1.32. The molecule has 1 N–H and O–H groups in total. The second-order valence-corrected chi connectivity index (χ2v) is 6.95. The Bertz CT molecular complexity index is 558. The summed E-state index contributed by atoms with van der Waals surface area (Å²) in [5, 5.41) is 6.84. The van der Waals surface area contributed by atoms with E-state index >= 15 is 0 Å². The van der Waals surface area contributed by atoms with E-state index in [2.05, 4.69) is 37.5 Å². The maximum Gasteiger partial charge on any atom is 0.410 e. The highest BCUT2D eigenvalue weighted by Gasteiger charge is 2.37. The Morgan fingerprint density at radius 2 is 2.00 bits per heavy atom. The van der Waals surface area contributed by atoms with Gasteiger partial charge in [-0.1, -0.05) is 0 Å². The average molecular weight is 407 g/mol. The molecular weight excluding hydrogens is 389 g/mol. The number of methoxy groups -OCH3 is 1. The average Bonchev–Trinajstić information content (AvgIpc) is 2.66. The minimum atomic E-state index is -0.497. The van der Waals surface area contributed by atoms with Crippen LogP contribution in [0.5, 0.6) is 0 Å². The van der Waals surface area contributed by atoms with Crippen molar-refractivity contribution in [2.75, 3.05) is 20.2 Å². The van der Waals surface area contributed by atoms with Gasteiger partial charge in [-0.05, 0) is 43.4 Å². The van der Waals surface area contributed by atoms with E-state index in [-0.39, 0.29) is 17.7 Å². The predicted octanol–water partition coefficient (Wildman–Crippen LogP) is 2.14. The van der Waals surface area contributed by atoms with Gasteiger partial charge in [0, 0.05) is 19.0 Å². The van der Waals surface area contributed by atoms with E-state index in [1.807, 2.05) is 20.8 Å². The molecule has 2 heterocycles. The summed E-state index contributed by atoms with van der Waals surface area (Å²) >= 11 is 2.06. The van der Waals surface area contributed by atoms with Gasteiger partial charge in [0.05, 0.1) is 16.4 Å². The van der Waals surface area contributed by atoms with Gasteiger partial charge in [0.1, 0.15) is 5.60 Å². The molecule has 7 nitrogen and oxygen atoms in total. The largest absolute Gasteiger partial charge is 0.464 e. The number of carbonyl (C=O) groups is 2. The summed E-state index contributed by atoms with van der Waals surface area (Å²) in [6.45, 7) is 6.61. The van der Waals surface area contributed by atoms with E-state index in [1.54, 1.807) is 4.90 Å². The number of ether oxygens (including phenoxy) is 2. The van der Waals surface area contributed by atoms with Crippen molar-refractivity contribution in [2.24, 2.45) is 0 Å². The third kappa shape index (κ3) is 3.47. The highest BCUT2D eigenvalue weighted by Crippen LogP contribution is 2.31. The number of halogens is 1. The van der Waals surface area contributed by atoms with E-state index in [4.69, 9.17) is 4.74 Å². The summed E-state index contributed by atoms with van der Waals surface area (Å²) < 4.78 is 10.7. The van der Waals surface area contributed by atoms with Gasteiger partial charge in [0.2, 0.25) is 0 Å². The lowest BCUT2D eigenvalue weighted by Crippen LogP contribution is -2.50. The van der Waals surface area contributed by atoms with Crippen molar-refractivity contribution in [2.45, 2.75) is 32.3 Å². The summed E-state index contributed by atoms with van der Waals surface area (Å²) in [6.07, 6.45) is -0.318. The number of nitrogens with one attached hydrogen (secondary N) is 1. The van der Waals surface area contributed by atoms with E-state index in [0.717, 1.165) is 9.26 Å². The van der Waals surface area contributed by atoms with Crippen molar-refractivity contribution in [3.63, 3.8) is 0 Å². The van der Waals surface area contributed by atoms with E-state index in [1.165, 1.54) is 7.11 Å². The van der Waals surface area contributed by atoms with Crippen molar-refractivity contribution in [1.82, 2.24) is 15.1 Å². The van der Waals surface area contributed by atoms with Crippen molar-refractivity contribution in [3.05, 3.63) is 15.0 Å². The second kappa shape index (κ2) is 5.82. The summed E-state index contributed by atoms with van der Waals surface area (Å²) in [5.41, 5.74) is 0.641. The molecule has 0 spiro atoms. The molecular formula is C13H18IN3O4. The van der Waals surface area contributed by atoms with Crippen LogP contribution in [0.25, 0.3) is 0 Å². The summed E-state index contributed by atoms with van der Waals surface area (Å²) in [6, 6.07) is 0. The van der Waals surface area contributed by atoms with Crippen LogP contribution in [0.15, 0.2) is 0 Å². The maximum absolute atomic E-state index is 11.9. The quantitative estimate of drug-likeness (QED) is 0.600. The molecule has 0 bridgehead atoms. The molecule has 1 aromatic heterocycles. The standard InChI is InChI=1S/C13H18IN3O4/c1-13(2,3)21-12(19)17-5-7(6-17)9-8(14)10(16-15-9)11(18)20-4/h7H,5-6H2,1-4H3,(H,15,16). The van der Waals surface area contributed by atoms with Gasteiger partial charge >= 0.3 is 12.1 Å². The van der Waals surface area contributed by atoms with Crippen molar-refractivity contribution >= 4 is 34.7 Å². The molecule has 116 valence electrons. The number of likely N-dealkylation sites (tertiary alicyclic amines) is 1. The molecule has 2 rings (SSSR count). The number of rotatable bonds is 2. The third-order valence-corrected chi connectivity index (χ3v) is 4.14. The van der Waals surface area contributed by atoms with Crippen LogP contribution in [-0.2, 0) is 9.47 Å². The molecule has 0 saturated carbocycles. The molecule has 1 aliphatic heterocycles. The fourth-order valence-corrected chi connectivity index (χ4v) is 2.88. The molecule has 1 aliphatic rings. The van der Waals surface area contributed by atoms with E-state index in [9.17, 15) is 9.59 Å². The van der Waals surface area contributed by atoms with Gasteiger partial charge in [-0.15, -0.1) is 0 Å². The number of esters is 1. The van der Waals surface area contributed by atoms with Crippen molar-refractivity contribution < 1.29 is 19.1 Å². The van der Waals surface area contributed by atoms with Crippen LogP contribution in [0.2, 0.25) is 0 Å². The van der Waals surface area contributed by atoms with Gasteiger partial charge in [0.25, 0.3) is 0 Å². The predicted molar refractivity (Wildman–Crippen MR) is 83.2 cm³/mol. The maximum atomic E-state index is 11.9. The lowest BCUT2D eigenvalue weighted by atomic mass is 9.97. The fourth-order valence-electron chi connectivity index (χ4n) is 1.98. The van der Waals surface area contributed by atoms with Gasteiger partial charge in [0.15, 0.2) is 5.69 Å². The first-order chi connectivity index (χ1) is 9.73. The Labute approximate surface area is 136 Å². The number of aromatic amines is 1. The van der Waals surface area contributed by atoms with Crippen LogP contribution in [0.3, 0.4) is 0 Å². The minimum Gasteiger partial charge on any atom is -0.464 e. The van der Waals surface area contributed by atoms with Gasteiger partial charge < -0.3 is 14.4 Å². The molecule has 21 heavy (non-hydrogen) atoms. The topological polar surface area (TPSA) is 84.5 Å². The molecule has 1 fully saturated rings. The molecule has 8 heteroatoms. The Morgan fingerprint density at radius 3 is 2.52 bits per heavy atom. The SMILES string of the molecule is COC(=O)c1n[nH]c(C2CN(C(=O)OC(C)(C)C)C2)c1I. The third-order valence-electron chi connectivity index (χ3n) is 3.05. The molecule has 0 aliphatic carbocycles. The fraction of sp³-hybridized carbons (Fsp3) is 0.615. The van der Waals surface area contributed by atoms with Crippen LogP contribution >= 0.6 is 22.6 Å². The first-order valence-electron chi connectivity index (χ1n) is 6.53. The molecule has 0 unspecified atom stereocenters. The number of amides is 1. The zero-order chi connectivity index (χ0) is 15.8. The van der Waals surface area contributed by atoms with E-state index in [0.29, 0.717) is 13.1 Å². The zero-order valence-electron chi connectivity index (χ0n) is 12.4. The van der Waals surface area contributed by atoms with Crippen molar-refractivity contribution in [1.29, 1.82) is 0 Å². The Kier molecular flexibility index (Phi) is 4.45. The minimum absolute atomic E-state index is 0.135. The number of hydrogen-bond acceptors (Lipinski definition) is 5. The Morgan fingerprint density at radius 1 is 1.38 bits per heavy atom. The molecule has 1 saturated heterocycles. The van der Waals surface area contributed by atoms with Crippen LogP contribution in [0.1, 0.15) is 42.9 Å². The number of carbonyl (C=O) groups excluding carboxylic acids is 2. The molecule has 0 aromatic carbocycles. The van der Waals surface area contributed by atoms with E-state index < -0.39 is 11.6 Å². The van der Waals surface area contributed by atoms with Gasteiger partial charge in [-0.3, -0.25) is 5.10 Å². The smallest absolute Gasteiger partial charge is 0.410 e. The Balaban J connectivity index is 1.98. The molecule has 0 atom stereocenters. The highest BCUT2D eigenvalue weighted by atomic mass is 127. The molecule has 1 aromatic rings. The summed E-state index contributed by atoms with van der Waals surface area (Å²) in [7, 11) is 1.32. The number of nitrogens with zero attached hydrogens (tertiary/aromatic N) is 2. The second-order valence-electron chi connectivity index (χ2n) is 5.87. The van der Waals surface area contributed by atoms with Gasteiger partial charge in [-0.25, -0.2) is 9.59 Å². The first kappa shape index (κ1) is 16.1. The monoisotopic (exact) mass is 407 g/mol. The number of H-pyrrole nitrogens is 1. The van der Waals surface area contributed by atoms with Crippen LogP contribution in [0, 0.1) is 3.57 Å².